The second kappa shape index (κ2) is 6.40. The smallest absolute Gasteiger partial charge is 0.246 e. The third-order valence-electron chi connectivity index (χ3n) is 4.05. The second-order valence-corrected chi connectivity index (χ2v) is 7.89. The Morgan fingerprint density at radius 1 is 1.23 bits per heavy atom. The van der Waals surface area contributed by atoms with Gasteiger partial charge in [-0.3, -0.25) is 4.68 Å². The quantitative estimate of drug-likeness (QED) is 0.840. The summed E-state index contributed by atoms with van der Waals surface area (Å²) in [7, 11) is -0.265. The average molecular weight is 342 g/mol. The van der Waals surface area contributed by atoms with Crippen LogP contribution < -0.4 is 0 Å². The minimum absolute atomic E-state index is 0.0358. The van der Waals surface area contributed by atoms with Crippen molar-refractivity contribution in [1.29, 1.82) is 0 Å². The van der Waals surface area contributed by atoms with E-state index in [1.807, 2.05) is 38.1 Å². The topological polar surface area (TPSA) is 55.2 Å². The van der Waals surface area contributed by atoms with Crippen LogP contribution in [0.1, 0.15) is 25.3 Å². The normalized spacial score (nSPS) is 15.0. The summed E-state index contributed by atoms with van der Waals surface area (Å²) in [6, 6.07) is 7.28. The molecule has 22 heavy (non-hydrogen) atoms. The van der Waals surface area contributed by atoms with E-state index in [4.69, 9.17) is 11.6 Å². The summed E-state index contributed by atoms with van der Waals surface area (Å²) in [5, 5.41) is 4.60. The molecule has 0 amide bonds. The fraction of sp³-hybridized carbons (Fsp3) is 0.400. The maximum Gasteiger partial charge on any atom is 0.246 e. The van der Waals surface area contributed by atoms with Crippen LogP contribution in [0.25, 0.3) is 0 Å². The Hall–Kier alpha value is -1.37. The summed E-state index contributed by atoms with van der Waals surface area (Å²) in [4.78, 5) is 0.202. The van der Waals surface area contributed by atoms with Crippen molar-refractivity contribution in [2.45, 2.75) is 30.7 Å². The molecule has 1 aromatic carbocycles. The van der Waals surface area contributed by atoms with Crippen LogP contribution in [-0.2, 0) is 17.1 Å². The Morgan fingerprint density at radius 2 is 1.82 bits per heavy atom. The largest absolute Gasteiger partial charge is 0.274 e. The van der Waals surface area contributed by atoms with E-state index in [0.29, 0.717) is 5.02 Å². The van der Waals surface area contributed by atoms with Crippen LogP contribution in [0, 0.1) is 0 Å². The minimum atomic E-state index is -3.55. The van der Waals surface area contributed by atoms with Gasteiger partial charge in [-0.1, -0.05) is 30.7 Å². The molecular weight excluding hydrogens is 322 g/mol. The Kier molecular flexibility index (Phi) is 4.94. The van der Waals surface area contributed by atoms with Crippen LogP contribution >= 0.6 is 11.6 Å². The molecule has 1 heterocycles. The van der Waals surface area contributed by atoms with Gasteiger partial charge in [0.05, 0.1) is 6.20 Å². The molecule has 0 fully saturated rings. The zero-order valence-corrected chi connectivity index (χ0v) is 14.6. The van der Waals surface area contributed by atoms with Gasteiger partial charge in [-0.05, 0) is 30.5 Å². The Balaban J connectivity index is 2.24. The molecule has 0 bridgehead atoms. The molecule has 0 radical (unpaired) electrons. The highest BCUT2D eigenvalue weighted by atomic mass is 35.5. The Morgan fingerprint density at radius 3 is 2.32 bits per heavy atom. The van der Waals surface area contributed by atoms with E-state index in [1.165, 1.54) is 21.4 Å². The molecule has 2 unspecified atom stereocenters. The lowest BCUT2D eigenvalue weighted by Gasteiger charge is -2.29. The molecule has 2 atom stereocenters. The fourth-order valence-corrected chi connectivity index (χ4v) is 3.82. The molecule has 0 saturated heterocycles. The highest BCUT2D eigenvalue weighted by molar-refractivity contribution is 7.89. The number of hydrogen-bond acceptors (Lipinski definition) is 3. The number of hydrogen-bond donors (Lipinski definition) is 0. The van der Waals surface area contributed by atoms with Gasteiger partial charge >= 0.3 is 0 Å². The molecule has 0 aliphatic heterocycles. The van der Waals surface area contributed by atoms with Crippen LogP contribution in [0.2, 0.25) is 5.02 Å². The lowest BCUT2D eigenvalue weighted by atomic mass is 9.95. The number of aromatic nitrogens is 2. The van der Waals surface area contributed by atoms with Crippen molar-refractivity contribution in [3.05, 3.63) is 47.2 Å². The maximum absolute atomic E-state index is 12.6. The van der Waals surface area contributed by atoms with E-state index in [0.717, 1.165) is 5.56 Å². The highest BCUT2D eigenvalue weighted by Gasteiger charge is 2.30. The highest BCUT2D eigenvalue weighted by Crippen LogP contribution is 2.27. The van der Waals surface area contributed by atoms with E-state index in [9.17, 15) is 8.42 Å². The van der Waals surface area contributed by atoms with Crippen LogP contribution in [0.3, 0.4) is 0 Å². The second-order valence-electron chi connectivity index (χ2n) is 5.45. The zero-order chi connectivity index (χ0) is 16.5. The molecular formula is C15H20ClN3O2S. The number of nitrogens with zero attached hydrogens (tertiary/aromatic N) is 3. The van der Waals surface area contributed by atoms with Crippen molar-refractivity contribution >= 4 is 21.6 Å². The third kappa shape index (κ3) is 3.34. The third-order valence-corrected chi connectivity index (χ3v) is 6.20. The monoisotopic (exact) mass is 341 g/mol. The van der Waals surface area contributed by atoms with Gasteiger partial charge in [0, 0.05) is 31.4 Å². The lowest BCUT2D eigenvalue weighted by Crippen LogP contribution is -2.38. The molecule has 0 spiro atoms. The predicted molar refractivity (Wildman–Crippen MR) is 87.5 cm³/mol. The number of rotatable bonds is 5. The van der Waals surface area contributed by atoms with Gasteiger partial charge in [0.15, 0.2) is 0 Å². The summed E-state index contributed by atoms with van der Waals surface area (Å²) in [6.45, 7) is 3.90. The van der Waals surface area contributed by atoms with E-state index in [-0.39, 0.29) is 16.9 Å². The van der Waals surface area contributed by atoms with E-state index in [2.05, 4.69) is 5.10 Å². The fourth-order valence-electron chi connectivity index (χ4n) is 2.28. The molecule has 120 valence electrons. The first-order chi connectivity index (χ1) is 10.2. The number of benzene rings is 1. The van der Waals surface area contributed by atoms with Crippen LogP contribution in [0.4, 0.5) is 0 Å². The molecule has 0 aliphatic rings. The van der Waals surface area contributed by atoms with E-state index in [1.54, 1.807) is 14.1 Å². The van der Waals surface area contributed by atoms with Crippen molar-refractivity contribution in [1.82, 2.24) is 14.1 Å². The van der Waals surface area contributed by atoms with Crippen molar-refractivity contribution < 1.29 is 8.42 Å². The number of sulfonamides is 1. The number of likely N-dealkylation sites (N-methyl/N-ethyl adjacent to an activating group) is 1. The van der Waals surface area contributed by atoms with Crippen molar-refractivity contribution in [3.63, 3.8) is 0 Å². The molecule has 2 aromatic rings. The molecule has 1 aromatic heterocycles. The minimum Gasteiger partial charge on any atom is -0.274 e. The van der Waals surface area contributed by atoms with Gasteiger partial charge in [-0.15, -0.1) is 0 Å². The summed E-state index contributed by atoms with van der Waals surface area (Å²) in [6.07, 6.45) is 2.87. The van der Waals surface area contributed by atoms with Gasteiger partial charge in [0.25, 0.3) is 0 Å². The van der Waals surface area contributed by atoms with Gasteiger partial charge in [-0.25, -0.2) is 8.42 Å². The first kappa shape index (κ1) is 17.0. The molecule has 5 nitrogen and oxygen atoms in total. The summed E-state index contributed by atoms with van der Waals surface area (Å²) in [5.41, 5.74) is 1.05. The van der Waals surface area contributed by atoms with Gasteiger partial charge in [-0.2, -0.15) is 9.40 Å². The molecule has 0 saturated carbocycles. The lowest BCUT2D eigenvalue weighted by molar-refractivity contribution is 0.350. The average Bonchev–Trinajstić information content (AvgIpc) is 2.93. The summed E-state index contributed by atoms with van der Waals surface area (Å²) < 4.78 is 28.1. The van der Waals surface area contributed by atoms with Crippen molar-refractivity contribution in [2.24, 2.45) is 7.05 Å². The van der Waals surface area contributed by atoms with E-state index >= 15 is 0 Å². The van der Waals surface area contributed by atoms with Crippen LogP contribution in [0.15, 0.2) is 41.6 Å². The zero-order valence-electron chi connectivity index (χ0n) is 13.1. The first-order valence-corrected chi connectivity index (χ1v) is 8.77. The van der Waals surface area contributed by atoms with Gasteiger partial charge in [0.2, 0.25) is 10.0 Å². The molecule has 0 aliphatic carbocycles. The van der Waals surface area contributed by atoms with E-state index < -0.39 is 10.0 Å². The van der Waals surface area contributed by atoms with Crippen molar-refractivity contribution in [3.8, 4) is 0 Å². The summed E-state index contributed by atoms with van der Waals surface area (Å²) in [5.74, 6) is 0.0358. The Bertz CT molecular complexity index is 740. The molecule has 0 N–H and O–H groups in total. The first-order valence-electron chi connectivity index (χ1n) is 6.95. The van der Waals surface area contributed by atoms with Crippen LogP contribution in [0.5, 0.6) is 0 Å². The number of aryl methyl sites for hydroxylation is 1. The number of halogens is 1. The van der Waals surface area contributed by atoms with Crippen molar-refractivity contribution in [2.75, 3.05) is 7.05 Å². The van der Waals surface area contributed by atoms with Gasteiger partial charge in [0.1, 0.15) is 4.90 Å². The standard InChI is InChI=1S/C15H20ClN3O2S/c1-11(13-5-7-14(16)8-6-13)12(2)19(4)22(20,21)15-9-17-18(3)10-15/h5-12H,1-4H3. The summed E-state index contributed by atoms with van der Waals surface area (Å²) >= 11 is 5.90. The predicted octanol–water partition coefficient (Wildman–Crippen LogP) is 2.89. The molecule has 2 rings (SSSR count). The Labute approximate surface area is 136 Å². The SMILES string of the molecule is CC(c1ccc(Cl)cc1)C(C)N(C)S(=O)(=O)c1cnn(C)c1. The maximum atomic E-state index is 12.6. The van der Waals surface area contributed by atoms with Crippen LogP contribution in [-0.4, -0.2) is 35.6 Å². The van der Waals surface area contributed by atoms with Gasteiger partial charge < -0.3 is 0 Å². The molecule has 7 heteroatoms.